The second-order valence-electron chi connectivity index (χ2n) is 8.51. The summed E-state index contributed by atoms with van der Waals surface area (Å²) in [6.45, 7) is 1.15. The Morgan fingerprint density at radius 1 is 1.00 bits per heavy atom. The molecule has 1 saturated heterocycles. The first-order valence-corrected chi connectivity index (χ1v) is 12.6. The van der Waals surface area contributed by atoms with Gasteiger partial charge in [0.25, 0.3) is 15.9 Å². The molecule has 5 rings (SSSR count). The highest BCUT2D eigenvalue weighted by Crippen LogP contribution is 2.31. The van der Waals surface area contributed by atoms with Gasteiger partial charge in [-0.3, -0.25) is 9.52 Å². The van der Waals surface area contributed by atoms with Crippen LogP contribution in [0.1, 0.15) is 34.8 Å². The average molecular weight is 478 g/mol. The third-order valence-electron chi connectivity index (χ3n) is 6.22. The minimum Gasteiger partial charge on any atom is -0.358 e. The number of H-pyrrole nitrogens is 1. The van der Waals surface area contributed by atoms with Crippen LogP contribution in [0, 0.1) is 5.82 Å². The number of halogens is 1. The Bertz CT molecular complexity index is 1410. The number of anilines is 1. The average Bonchev–Trinajstić information content (AvgIpc) is 3.29. The fraction of sp³-hybridized carbons (Fsp3) is 0.192. The van der Waals surface area contributed by atoms with Gasteiger partial charge in [0.2, 0.25) is 0 Å². The zero-order valence-corrected chi connectivity index (χ0v) is 19.2. The highest BCUT2D eigenvalue weighted by Gasteiger charge is 2.28. The SMILES string of the molecule is O=C(c1ccccc1NS(=O)(=O)c1ccc(F)cc1)N1CCCC(c2cc3ccccc3[nH]2)C1. The van der Waals surface area contributed by atoms with Gasteiger partial charge >= 0.3 is 0 Å². The van der Waals surface area contributed by atoms with Crippen LogP contribution in [0.25, 0.3) is 10.9 Å². The van der Waals surface area contributed by atoms with E-state index in [2.05, 4.69) is 21.8 Å². The molecule has 174 valence electrons. The molecule has 0 radical (unpaired) electrons. The van der Waals surface area contributed by atoms with E-state index in [9.17, 15) is 17.6 Å². The lowest BCUT2D eigenvalue weighted by molar-refractivity contribution is 0.0707. The number of hydrogen-bond donors (Lipinski definition) is 2. The number of likely N-dealkylation sites (tertiary alicyclic amines) is 1. The van der Waals surface area contributed by atoms with Gasteiger partial charge in [-0.1, -0.05) is 30.3 Å². The Morgan fingerprint density at radius 2 is 1.74 bits per heavy atom. The molecule has 2 N–H and O–H groups in total. The summed E-state index contributed by atoms with van der Waals surface area (Å²) in [5.41, 5.74) is 2.65. The summed E-state index contributed by atoms with van der Waals surface area (Å²) >= 11 is 0. The van der Waals surface area contributed by atoms with E-state index in [1.54, 1.807) is 29.2 Å². The lowest BCUT2D eigenvalue weighted by atomic mass is 9.94. The predicted molar refractivity (Wildman–Crippen MR) is 130 cm³/mol. The molecule has 2 heterocycles. The van der Waals surface area contributed by atoms with E-state index >= 15 is 0 Å². The number of para-hydroxylation sites is 2. The highest BCUT2D eigenvalue weighted by molar-refractivity contribution is 7.92. The van der Waals surface area contributed by atoms with Gasteiger partial charge in [0.15, 0.2) is 0 Å². The summed E-state index contributed by atoms with van der Waals surface area (Å²) < 4.78 is 41.4. The highest BCUT2D eigenvalue weighted by atomic mass is 32.2. The number of nitrogens with one attached hydrogen (secondary N) is 2. The molecule has 1 amide bonds. The minimum absolute atomic E-state index is 0.0759. The number of carbonyl (C=O) groups is 1. The van der Waals surface area contributed by atoms with Crippen LogP contribution in [0.3, 0.4) is 0 Å². The number of hydrogen-bond acceptors (Lipinski definition) is 3. The molecule has 1 unspecified atom stereocenters. The number of carbonyl (C=O) groups excluding carboxylic acids is 1. The summed E-state index contributed by atoms with van der Waals surface area (Å²) in [4.78, 5) is 18.6. The predicted octanol–water partition coefficient (Wildman–Crippen LogP) is 5.13. The third kappa shape index (κ3) is 4.41. The van der Waals surface area contributed by atoms with Crippen molar-refractivity contribution in [2.45, 2.75) is 23.7 Å². The standard InChI is InChI=1S/C26H24FN3O3S/c27-20-11-13-21(14-12-20)34(32,33)29-24-10-4-2-8-22(24)26(31)30-15-5-7-19(17-30)25-16-18-6-1-3-9-23(18)28-25/h1-4,6,8-14,16,19,28-29H,5,7,15,17H2. The zero-order valence-electron chi connectivity index (χ0n) is 18.4. The van der Waals surface area contributed by atoms with E-state index in [1.807, 2.05) is 18.2 Å². The molecule has 1 aromatic heterocycles. The van der Waals surface area contributed by atoms with E-state index in [1.165, 1.54) is 12.1 Å². The fourth-order valence-electron chi connectivity index (χ4n) is 4.48. The maximum Gasteiger partial charge on any atom is 0.261 e. The van der Waals surface area contributed by atoms with Gasteiger partial charge in [-0.2, -0.15) is 0 Å². The van der Waals surface area contributed by atoms with Crippen molar-refractivity contribution >= 4 is 32.5 Å². The Morgan fingerprint density at radius 3 is 2.53 bits per heavy atom. The first kappa shape index (κ1) is 22.2. The number of piperidine rings is 1. The van der Waals surface area contributed by atoms with Crippen LogP contribution in [0.2, 0.25) is 0 Å². The Labute approximate surface area is 197 Å². The largest absolute Gasteiger partial charge is 0.358 e. The van der Waals surface area contributed by atoms with Gasteiger partial charge in [-0.15, -0.1) is 0 Å². The van der Waals surface area contributed by atoms with Crippen molar-refractivity contribution in [1.29, 1.82) is 0 Å². The fourth-order valence-corrected chi connectivity index (χ4v) is 5.56. The van der Waals surface area contributed by atoms with E-state index in [4.69, 9.17) is 0 Å². The summed E-state index contributed by atoms with van der Waals surface area (Å²) in [7, 11) is -3.98. The molecular weight excluding hydrogens is 453 g/mol. The summed E-state index contributed by atoms with van der Waals surface area (Å²) in [6.07, 6.45) is 1.82. The Hall–Kier alpha value is -3.65. The van der Waals surface area contributed by atoms with Crippen molar-refractivity contribution in [1.82, 2.24) is 9.88 Å². The lowest BCUT2D eigenvalue weighted by Gasteiger charge is -2.33. The molecule has 3 aromatic carbocycles. The molecule has 0 aliphatic carbocycles. The van der Waals surface area contributed by atoms with Crippen molar-refractivity contribution < 1.29 is 17.6 Å². The van der Waals surface area contributed by atoms with Gasteiger partial charge in [-0.25, -0.2) is 12.8 Å². The van der Waals surface area contributed by atoms with Crippen LogP contribution in [0.4, 0.5) is 10.1 Å². The molecule has 6 nitrogen and oxygen atoms in total. The Kier molecular flexibility index (Phi) is 5.83. The Balaban J connectivity index is 1.38. The maximum atomic E-state index is 13.5. The van der Waals surface area contributed by atoms with E-state index in [0.717, 1.165) is 41.6 Å². The molecular formula is C26H24FN3O3S. The quantitative estimate of drug-likeness (QED) is 0.418. The summed E-state index contributed by atoms with van der Waals surface area (Å²) in [5, 5.41) is 1.14. The summed E-state index contributed by atoms with van der Waals surface area (Å²) in [6, 6.07) is 21.3. The molecule has 1 aliphatic rings. The van der Waals surface area contributed by atoms with Crippen molar-refractivity contribution in [3.63, 3.8) is 0 Å². The van der Waals surface area contributed by atoms with Gasteiger partial charge in [0.1, 0.15) is 5.82 Å². The molecule has 0 saturated carbocycles. The van der Waals surface area contributed by atoms with Crippen LogP contribution in [-0.2, 0) is 10.0 Å². The molecule has 8 heteroatoms. The van der Waals surface area contributed by atoms with E-state index in [0.29, 0.717) is 13.1 Å². The van der Waals surface area contributed by atoms with Crippen molar-refractivity contribution in [3.8, 4) is 0 Å². The number of nitrogens with zero attached hydrogens (tertiary/aromatic N) is 1. The van der Waals surface area contributed by atoms with E-state index in [-0.39, 0.29) is 28.0 Å². The second kappa shape index (κ2) is 8.95. The zero-order chi connectivity index (χ0) is 23.7. The van der Waals surface area contributed by atoms with E-state index < -0.39 is 15.8 Å². The van der Waals surface area contributed by atoms with Crippen LogP contribution in [0.15, 0.2) is 83.8 Å². The third-order valence-corrected chi connectivity index (χ3v) is 7.61. The van der Waals surface area contributed by atoms with Crippen LogP contribution in [0.5, 0.6) is 0 Å². The second-order valence-corrected chi connectivity index (χ2v) is 10.2. The van der Waals surface area contributed by atoms with Crippen molar-refractivity contribution in [3.05, 3.63) is 95.9 Å². The smallest absolute Gasteiger partial charge is 0.261 e. The topological polar surface area (TPSA) is 82.3 Å². The molecule has 1 aliphatic heterocycles. The van der Waals surface area contributed by atoms with Gasteiger partial charge in [0.05, 0.1) is 16.1 Å². The molecule has 1 atom stereocenters. The first-order chi connectivity index (χ1) is 16.4. The van der Waals surface area contributed by atoms with Crippen molar-refractivity contribution in [2.75, 3.05) is 17.8 Å². The molecule has 0 bridgehead atoms. The van der Waals surface area contributed by atoms with Crippen LogP contribution >= 0.6 is 0 Å². The number of amides is 1. The normalized spacial score (nSPS) is 16.5. The number of aromatic amines is 1. The van der Waals surface area contributed by atoms with Crippen molar-refractivity contribution in [2.24, 2.45) is 0 Å². The minimum atomic E-state index is -3.98. The molecule has 0 spiro atoms. The first-order valence-electron chi connectivity index (χ1n) is 11.1. The number of sulfonamides is 1. The van der Waals surface area contributed by atoms with Crippen LogP contribution in [-0.4, -0.2) is 37.3 Å². The molecule has 1 fully saturated rings. The number of fused-ring (bicyclic) bond motifs is 1. The van der Waals surface area contributed by atoms with Gasteiger partial charge in [0, 0.05) is 30.2 Å². The van der Waals surface area contributed by atoms with Gasteiger partial charge in [-0.05, 0) is 66.8 Å². The van der Waals surface area contributed by atoms with Gasteiger partial charge < -0.3 is 9.88 Å². The maximum absolute atomic E-state index is 13.5. The number of benzene rings is 3. The molecule has 4 aromatic rings. The van der Waals surface area contributed by atoms with Crippen LogP contribution < -0.4 is 4.72 Å². The summed E-state index contributed by atoms with van der Waals surface area (Å²) in [5.74, 6) is -0.574. The molecule has 34 heavy (non-hydrogen) atoms. The monoisotopic (exact) mass is 477 g/mol. The number of rotatable bonds is 5. The number of aromatic nitrogens is 1. The lowest BCUT2D eigenvalue weighted by Crippen LogP contribution is -2.39.